The van der Waals surface area contributed by atoms with Crippen LogP contribution >= 0.6 is 34.8 Å². The number of anilines is 1. The van der Waals surface area contributed by atoms with E-state index in [0.29, 0.717) is 35.4 Å². The number of halogens is 4. The molecule has 0 spiro atoms. The summed E-state index contributed by atoms with van der Waals surface area (Å²) in [5.74, 6) is -0.658. The predicted molar refractivity (Wildman–Crippen MR) is 145 cm³/mol. The zero-order chi connectivity index (χ0) is 25.9. The van der Waals surface area contributed by atoms with Crippen LogP contribution in [0.5, 0.6) is 0 Å². The molecule has 2 aromatic rings. The summed E-state index contributed by atoms with van der Waals surface area (Å²) in [7, 11) is 0. The molecule has 36 heavy (non-hydrogen) atoms. The number of carbonyl (C=O) groups excluding carboxylic acids is 2. The minimum atomic E-state index is -0.515. The molecular formula is C26H30Cl3FN4O2. The summed E-state index contributed by atoms with van der Waals surface area (Å²) in [6.45, 7) is 4.59. The summed E-state index contributed by atoms with van der Waals surface area (Å²) < 4.78 is 13.3. The molecule has 194 valence electrons. The van der Waals surface area contributed by atoms with E-state index >= 15 is 0 Å². The van der Waals surface area contributed by atoms with Crippen LogP contribution in [0.2, 0.25) is 15.1 Å². The molecule has 0 atom stereocenters. The van der Waals surface area contributed by atoms with Crippen LogP contribution in [-0.2, 0) is 4.79 Å². The lowest BCUT2D eigenvalue weighted by Gasteiger charge is -2.22. The Morgan fingerprint density at radius 3 is 2.53 bits per heavy atom. The van der Waals surface area contributed by atoms with E-state index in [1.165, 1.54) is 24.3 Å². The molecule has 0 radical (unpaired) electrons. The van der Waals surface area contributed by atoms with Crippen LogP contribution in [0.15, 0.2) is 42.5 Å². The third kappa shape index (κ3) is 9.28. The lowest BCUT2D eigenvalue weighted by Crippen LogP contribution is -2.38. The van der Waals surface area contributed by atoms with Crippen molar-refractivity contribution in [3.8, 4) is 0 Å². The summed E-state index contributed by atoms with van der Waals surface area (Å²) in [6.07, 6.45) is 7.00. The SMILES string of the molecule is O=C(/C=C/c1ccc(Cl)c(Cl)c1)NCCCCCN1CCCN(C(=O)Nc2ccc(F)c(Cl)c2)CC1. The van der Waals surface area contributed by atoms with Gasteiger partial charge in [-0.2, -0.15) is 0 Å². The van der Waals surface area contributed by atoms with Crippen molar-refractivity contribution in [3.05, 3.63) is 68.9 Å². The van der Waals surface area contributed by atoms with Crippen LogP contribution in [0.3, 0.4) is 0 Å². The Bertz CT molecular complexity index is 1080. The summed E-state index contributed by atoms with van der Waals surface area (Å²) >= 11 is 17.7. The van der Waals surface area contributed by atoms with Crippen LogP contribution in [-0.4, -0.2) is 61.0 Å². The zero-order valence-electron chi connectivity index (χ0n) is 19.9. The largest absolute Gasteiger partial charge is 0.353 e. The van der Waals surface area contributed by atoms with Crippen molar-refractivity contribution in [2.45, 2.75) is 25.7 Å². The van der Waals surface area contributed by atoms with E-state index in [2.05, 4.69) is 15.5 Å². The Labute approximate surface area is 226 Å². The van der Waals surface area contributed by atoms with Gasteiger partial charge in [0.2, 0.25) is 5.91 Å². The molecule has 0 aromatic heterocycles. The predicted octanol–water partition coefficient (Wildman–Crippen LogP) is 6.33. The van der Waals surface area contributed by atoms with Gasteiger partial charge in [-0.05, 0) is 74.3 Å². The van der Waals surface area contributed by atoms with Crippen LogP contribution in [0, 0.1) is 5.82 Å². The van der Waals surface area contributed by atoms with Crippen molar-refractivity contribution < 1.29 is 14.0 Å². The maximum absolute atomic E-state index is 13.3. The number of benzene rings is 2. The molecular weight excluding hydrogens is 526 g/mol. The van der Waals surface area contributed by atoms with Gasteiger partial charge in [0.25, 0.3) is 0 Å². The number of hydrogen-bond donors (Lipinski definition) is 2. The van der Waals surface area contributed by atoms with Gasteiger partial charge < -0.3 is 20.4 Å². The standard InChI is InChI=1S/C26H30Cl3FN4O2/c27-21-8-5-19(17-22(21)28)6-10-25(35)31-11-2-1-3-12-33-13-4-14-34(16-15-33)26(36)32-20-7-9-24(30)23(29)18-20/h5-10,17-18H,1-4,11-16H2,(H,31,35)(H,32,36)/b10-6+. The number of nitrogens with zero attached hydrogens (tertiary/aromatic N) is 2. The Morgan fingerprint density at radius 2 is 1.75 bits per heavy atom. The lowest BCUT2D eigenvalue weighted by molar-refractivity contribution is -0.116. The van der Waals surface area contributed by atoms with E-state index < -0.39 is 5.82 Å². The fraction of sp³-hybridized carbons (Fsp3) is 0.385. The molecule has 3 rings (SSSR count). The van der Waals surface area contributed by atoms with E-state index in [1.807, 2.05) is 0 Å². The second-order valence-corrected chi connectivity index (χ2v) is 9.82. The van der Waals surface area contributed by atoms with Gasteiger partial charge in [-0.15, -0.1) is 0 Å². The molecule has 1 fully saturated rings. The number of urea groups is 1. The lowest BCUT2D eigenvalue weighted by atomic mass is 10.2. The smallest absolute Gasteiger partial charge is 0.321 e. The number of hydrogen-bond acceptors (Lipinski definition) is 3. The van der Waals surface area contributed by atoms with E-state index in [1.54, 1.807) is 29.2 Å². The van der Waals surface area contributed by atoms with E-state index in [9.17, 15) is 14.0 Å². The maximum atomic E-state index is 13.3. The Hall–Kier alpha value is -2.32. The topological polar surface area (TPSA) is 64.7 Å². The van der Waals surface area contributed by atoms with Crippen molar-refractivity contribution >= 4 is 58.5 Å². The third-order valence-electron chi connectivity index (χ3n) is 5.87. The Morgan fingerprint density at radius 1 is 0.917 bits per heavy atom. The minimum Gasteiger partial charge on any atom is -0.353 e. The van der Waals surface area contributed by atoms with Gasteiger partial charge in [-0.1, -0.05) is 47.3 Å². The maximum Gasteiger partial charge on any atom is 0.321 e. The van der Waals surface area contributed by atoms with Crippen molar-refractivity contribution in [1.29, 1.82) is 0 Å². The monoisotopic (exact) mass is 554 g/mol. The van der Waals surface area contributed by atoms with E-state index in [0.717, 1.165) is 50.9 Å². The highest BCUT2D eigenvalue weighted by Gasteiger charge is 2.19. The molecule has 0 bridgehead atoms. The summed E-state index contributed by atoms with van der Waals surface area (Å²) in [5.41, 5.74) is 1.29. The molecule has 1 aliphatic rings. The average molecular weight is 556 g/mol. The normalized spacial score (nSPS) is 14.6. The summed E-state index contributed by atoms with van der Waals surface area (Å²) in [5, 5.41) is 6.60. The van der Waals surface area contributed by atoms with Gasteiger partial charge in [0.05, 0.1) is 15.1 Å². The molecule has 2 N–H and O–H groups in total. The fourth-order valence-electron chi connectivity index (χ4n) is 3.87. The minimum absolute atomic E-state index is 0.0193. The molecule has 6 nitrogen and oxygen atoms in total. The molecule has 2 aromatic carbocycles. The first-order chi connectivity index (χ1) is 17.3. The van der Waals surface area contributed by atoms with Gasteiger partial charge in [0, 0.05) is 37.9 Å². The fourth-order valence-corrected chi connectivity index (χ4v) is 4.36. The highest BCUT2D eigenvalue weighted by atomic mass is 35.5. The number of unbranched alkanes of at least 4 members (excludes halogenated alkanes) is 2. The number of nitrogens with one attached hydrogen (secondary N) is 2. The van der Waals surface area contributed by atoms with E-state index in [4.69, 9.17) is 34.8 Å². The summed E-state index contributed by atoms with van der Waals surface area (Å²) in [6, 6.07) is 9.15. The van der Waals surface area contributed by atoms with Crippen LogP contribution in [0.4, 0.5) is 14.9 Å². The number of carbonyl (C=O) groups is 2. The van der Waals surface area contributed by atoms with Gasteiger partial charge in [0.15, 0.2) is 0 Å². The first-order valence-electron chi connectivity index (χ1n) is 12.0. The van der Waals surface area contributed by atoms with Crippen molar-refractivity contribution in [2.75, 3.05) is 44.6 Å². The molecule has 1 heterocycles. The third-order valence-corrected chi connectivity index (χ3v) is 6.90. The van der Waals surface area contributed by atoms with Crippen molar-refractivity contribution in [2.24, 2.45) is 0 Å². The second kappa shape index (κ2) is 14.4. The van der Waals surface area contributed by atoms with Gasteiger partial charge in [-0.25, -0.2) is 9.18 Å². The van der Waals surface area contributed by atoms with Crippen molar-refractivity contribution in [3.63, 3.8) is 0 Å². The molecule has 10 heteroatoms. The number of amides is 3. The van der Waals surface area contributed by atoms with Crippen LogP contribution in [0.1, 0.15) is 31.2 Å². The molecule has 0 saturated carbocycles. The van der Waals surface area contributed by atoms with Gasteiger partial charge >= 0.3 is 6.03 Å². The summed E-state index contributed by atoms with van der Waals surface area (Å²) in [4.78, 5) is 28.7. The Balaban J connectivity index is 1.28. The molecule has 3 amide bonds. The first-order valence-corrected chi connectivity index (χ1v) is 13.1. The zero-order valence-corrected chi connectivity index (χ0v) is 22.2. The Kier molecular flexibility index (Phi) is 11.3. The first kappa shape index (κ1) is 28.3. The molecule has 1 aliphatic heterocycles. The highest BCUT2D eigenvalue weighted by Crippen LogP contribution is 2.23. The van der Waals surface area contributed by atoms with E-state index in [-0.39, 0.29) is 17.0 Å². The highest BCUT2D eigenvalue weighted by molar-refractivity contribution is 6.42. The molecule has 1 saturated heterocycles. The number of rotatable bonds is 9. The van der Waals surface area contributed by atoms with Crippen LogP contribution < -0.4 is 10.6 Å². The van der Waals surface area contributed by atoms with Crippen LogP contribution in [0.25, 0.3) is 6.08 Å². The molecule has 0 aliphatic carbocycles. The average Bonchev–Trinajstić information content (AvgIpc) is 3.10. The van der Waals surface area contributed by atoms with Gasteiger partial charge in [-0.3, -0.25) is 4.79 Å². The van der Waals surface area contributed by atoms with Gasteiger partial charge in [0.1, 0.15) is 5.82 Å². The quantitative estimate of drug-likeness (QED) is 0.281. The second-order valence-electron chi connectivity index (χ2n) is 8.60. The molecule has 0 unspecified atom stereocenters. The van der Waals surface area contributed by atoms with Crippen molar-refractivity contribution in [1.82, 2.24) is 15.1 Å².